The first-order valence-electron chi connectivity index (χ1n) is 17.9. The Morgan fingerprint density at radius 1 is 0.377 bits per heavy atom. The molecular formula is C49H33N3O. The number of nitrogens with zero attached hydrogens (tertiary/aromatic N) is 2. The maximum absolute atomic E-state index is 6.53. The van der Waals surface area contributed by atoms with Crippen LogP contribution in [0.4, 0.5) is 0 Å². The average Bonchev–Trinajstić information content (AvgIpc) is 3.62. The van der Waals surface area contributed by atoms with Gasteiger partial charge < -0.3 is 9.73 Å². The van der Waals surface area contributed by atoms with Crippen molar-refractivity contribution in [2.45, 2.75) is 6.17 Å². The van der Waals surface area contributed by atoms with Gasteiger partial charge in [-0.05, 0) is 68.4 Å². The van der Waals surface area contributed by atoms with Gasteiger partial charge in [0.05, 0.1) is 0 Å². The van der Waals surface area contributed by atoms with Crippen LogP contribution in [0.3, 0.4) is 0 Å². The summed E-state index contributed by atoms with van der Waals surface area (Å²) in [6, 6.07) is 65.8. The van der Waals surface area contributed by atoms with Crippen molar-refractivity contribution in [1.29, 1.82) is 0 Å². The summed E-state index contributed by atoms with van der Waals surface area (Å²) in [4.78, 5) is 10.5. The Morgan fingerprint density at radius 2 is 0.887 bits per heavy atom. The summed E-state index contributed by atoms with van der Waals surface area (Å²) in [6.45, 7) is 0. The standard InChI is InChI=1S/C49H33N3O/c1-3-10-32(11-4-1)34-18-20-36(21-19-34)41-28-29-42-45(31-41)53-44-17-9-16-43(46(42)44)49-51-47(37-13-5-2-6-14-37)50-48(52-49)38-25-22-35(23-26-38)40-27-24-33-12-7-8-15-39(33)30-40/h1-31,49H,(H,50,51,52). The quantitative estimate of drug-likeness (QED) is 0.190. The van der Waals surface area contributed by atoms with E-state index >= 15 is 0 Å². The smallest absolute Gasteiger partial charge is 0.170 e. The zero-order valence-corrected chi connectivity index (χ0v) is 28.8. The Labute approximate surface area is 307 Å². The number of aliphatic imine (C=N–C) groups is 2. The third kappa shape index (κ3) is 5.77. The molecule has 1 atom stereocenters. The second-order valence-corrected chi connectivity index (χ2v) is 13.4. The molecule has 0 radical (unpaired) electrons. The molecule has 10 rings (SSSR count). The lowest BCUT2D eigenvalue weighted by molar-refractivity contribution is 0.668. The second-order valence-electron chi connectivity index (χ2n) is 13.4. The summed E-state index contributed by atoms with van der Waals surface area (Å²) in [6.07, 6.45) is -0.476. The van der Waals surface area contributed by atoms with E-state index in [9.17, 15) is 0 Å². The summed E-state index contributed by atoms with van der Waals surface area (Å²) < 4.78 is 6.53. The van der Waals surface area contributed by atoms with Gasteiger partial charge in [0, 0.05) is 27.5 Å². The number of nitrogens with one attached hydrogen (secondary N) is 1. The van der Waals surface area contributed by atoms with E-state index in [2.05, 4.69) is 157 Å². The van der Waals surface area contributed by atoms with Crippen LogP contribution in [-0.4, -0.2) is 11.7 Å². The molecule has 53 heavy (non-hydrogen) atoms. The van der Waals surface area contributed by atoms with E-state index < -0.39 is 6.17 Å². The van der Waals surface area contributed by atoms with E-state index in [1.165, 1.54) is 27.5 Å². The average molecular weight is 680 g/mol. The minimum Gasteiger partial charge on any atom is -0.456 e. The van der Waals surface area contributed by atoms with Crippen LogP contribution in [0.15, 0.2) is 202 Å². The van der Waals surface area contributed by atoms with E-state index in [-0.39, 0.29) is 0 Å². The number of hydrogen-bond donors (Lipinski definition) is 1. The maximum atomic E-state index is 6.53. The molecule has 2 heterocycles. The molecule has 1 aliphatic heterocycles. The summed E-state index contributed by atoms with van der Waals surface area (Å²) in [7, 11) is 0. The van der Waals surface area contributed by atoms with E-state index in [1.807, 2.05) is 36.4 Å². The van der Waals surface area contributed by atoms with Gasteiger partial charge >= 0.3 is 0 Å². The first kappa shape index (κ1) is 30.8. The highest BCUT2D eigenvalue weighted by Gasteiger charge is 2.24. The van der Waals surface area contributed by atoms with Crippen molar-refractivity contribution >= 4 is 44.4 Å². The molecule has 0 amide bonds. The van der Waals surface area contributed by atoms with Crippen molar-refractivity contribution < 1.29 is 4.42 Å². The fourth-order valence-corrected chi connectivity index (χ4v) is 7.40. The van der Waals surface area contributed by atoms with Gasteiger partial charge in [-0.25, -0.2) is 9.98 Å². The Morgan fingerprint density at radius 3 is 1.58 bits per heavy atom. The number of furan rings is 1. The van der Waals surface area contributed by atoms with Crippen molar-refractivity contribution in [3.05, 3.63) is 205 Å². The molecule has 4 nitrogen and oxygen atoms in total. The lowest BCUT2D eigenvalue weighted by atomic mass is 9.98. The molecule has 9 aromatic rings. The van der Waals surface area contributed by atoms with Crippen LogP contribution >= 0.6 is 0 Å². The van der Waals surface area contributed by atoms with Gasteiger partial charge in [0.15, 0.2) is 6.17 Å². The van der Waals surface area contributed by atoms with Crippen molar-refractivity contribution in [2.75, 3.05) is 0 Å². The third-order valence-corrected chi connectivity index (χ3v) is 10.2. The van der Waals surface area contributed by atoms with E-state index in [0.29, 0.717) is 0 Å². The van der Waals surface area contributed by atoms with Crippen molar-refractivity contribution in [1.82, 2.24) is 5.32 Å². The van der Waals surface area contributed by atoms with Crippen molar-refractivity contribution in [3.63, 3.8) is 0 Å². The first-order chi connectivity index (χ1) is 26.2. The normalized spacial score (nSPS) is 14.2. The van der Waals surface area contributed by atoms with Gasteiger partial charge in [-0.3, -0.25) is 0 Å². The van der Waals surface area contributed by atoms with Gasteiger partial charge in [-0.15, -0.1) is 0 Å². The van der Waals surface area contributed by atoms with Crippen molar-refractivity contribution in [2.24, 2.45) is 9.98 Å². The zero-order chi connectivity index (χ0) is 35.1. The first-order valence-corrected chi connectivity index (χ1v) is 17.9. The van der Waals surface area contributed by atoms with Crippen LogP contribution in [0.5, 0.6) is 0 Å². The minimum atomic E-state index is -0.476. The number of amidine groups is 2. The summed E-state index contributed by atoms with van der Waals surface area (Å²) in [5.41, 5.74) is 11.7. The van der Waals surface area contributed by atoms with Crippen LogP contribution in [0.25, 0.3) is 66.1 Å². The Hall–Kier alpha value is -7.04. The minimum absolute atomic E-state index is 0.476. The molecule has 1 aliphatic rings. The lowest BCUT2D eigenvalue weighted by Gasteiger charge is -2.23. The molecule has 8 aromatic carbocycles. The highest BCUT2D eigenvalue weighted by molar-refractivity contribution is 6.16. The molecule has 0 saturated heterocycles. The molecular weight excluding hydrogens is 647 g/mol. The van der Waals surface area contributed by atoms with Crippen LogP contribution in [0.2, 0.25) is 0 Å². The SMILES string of the molecule is c1ccc(C2=NC(c3cccc4oc5cc(-c6ccc(-c7ccccc7)cc6)ccc5c34)N=C(c3ccc(-c4ccc5ccccc5c4)cc3)N2)cc1. The summed E-state index contributed by atoms with van der Waals surface area (Å²) >= 11 is 0. The number of hydrogen-bond acceptors (Lipinski definition) is 4. The molecule has 1 unspecified atom stereocenters. The third-order valence-electron chi connectivity index (χ3n) is 10.2. The van der Waals surface area contributed by atoms with E-state index in [1.54, 1.807) is 0 Å². The molecule has 1 aromatic heterocycles. The fraction of sp³-hybridized carbons (Fsp3) is 0.0204. The molecule has 0 bridgehead atoms. The number of rotatable bonds is 6. The van der Waals surface area contributed by atoms with Gasteiger partial charge in [0.25, 0.3) is 0 Å². The lowest BCUT2D eigenvalue weighted by Crippen LogP contribution is -2.36. The molecule has 0 fully saturated rings. The monoisotopic (exact) mass is 679 g/mol. The van der Waals surface area contributed by atoms with E-state index in [0.717, 1.165) is 67.0 Å². The highest BCUT2D eigenvalue weighted by Crippen LogP contribution is 2.39. The highest BCUT2D eigenvalue weighted by atomic mass is 16.3. The molecule has 0 aliphatic carbocycles. The van der Waals surface area contributed by atoms with Gasteiger partial charge in [0.1, 0.15) is 22.8 Å². The number of benzene rings is 8. The molecule has 0 saturated carbocycles. The van der Waals surface area contributed by atoms with Crippen LogP contribution < -0.4 is 5.32 Å². The van der Waals surface area contributed by atoms with Crippen molar-refractivity contribution in [3.8, 4) is 33.4 Å². The van der Waals surface area contributed by atoms with Crippen LogP contribution in [0, 0.1) is 0 Å². The second kappa shape index (κ2) is 12.9. The number of fused-ring (bicyclic) bond motifs is 4. The van der Waals surface area contributed by atoms with E-state index in [4.69, 9.17) is 14.4 Å². The van der Waals surface area contributed by atoms with Crippen LogP contribution in [0.1, 0.15) is 22.9 Å². The predicted octanol–water partition coefficient (Wildman–Crippen LogP) is 12.2. The zero-order valence-electron chi connectivity index (χ0n) is 28.8. The summed E-state index contributed by atoms with van der Waals surface area (Å²) in [5, 5.41) is 8.11. The molecule has 0 spiro atoms. The topological polar surface area (TPSA) is 49.9 Å². The molecule has 1 N–H and O–H groups in total. The molecule has 250 valence electrons. The largest absolute Gasteiger partial charge is 0.456 e. The van der Waals surface area contributed by atoms with Gasteiger partial charge in [-0.2, -0.15) is 0 Å². The predicted molar refractivity (Wildman–Crippen MR) is 219 cm³/mol. The summed E-state index contributed by atoms with van der Waals surface area (Å²) in [5.74, 6) is 1.56. The van der Waals surface area contributed by atoms with Crippen LogP contribution in [-0.2, 0) is 0 Å². The Kier molecular flexibility index (Phi) is 7.51. The van der Waals surface area contributed by atoms with Gasteiger partial charge in [-0.1, -0.05) is 164 Å². The maximum Gasteiger partial charge on any atom is 0.170 e. The molecule has 4 heteroatoms. The Bertz CT molecular complexity index is 2830. The Balaban J connectivity index is 1.03. The fourth-order valence-electron chi connectivity index (χ4n) is 7.40. The van der Waals surface area contributed by atoms with Gasteiger partial charge in [0.2, 0.25) is 0 Å².